The van der Waals surface area contributed by atoms with E-state index in [9.17, 15) is 22.4 Å². The number of alkyl halides is 3. The predicted molar refractivity (Wildman–Crippen MR) is 98.5 cm³/mol. The van der Waals surface area contributed by atoms with Gasteiger partial charge < -0.3 is 14.3 Å². The zero-order valence-corrected chi connectivity index (χ0v) is 16.0. The quantitative estimate of drug-likeness (QED) is 0.543. The van der Waals surface area contributed by atoms with Gasteiger partial charge in [-0.05, 0) is 49.2 Å². The molecule has 158 valence electrons. The second-order valence-corrected chi connectivity index (χ2v) is 6.68. The van der Waals surface area contributed by atoms with Crippen molar-refractivity contribution in [1.29, 1.82) is 0 Å². The van der Waals surface area contributed by atoms with Crippen LogP contribution >= 0.6 is 0 Å². The molecular weight excluding hydrogens is 406 g/mol. The van der Waals surface area contributed by atoms with Crippen molar-refractivity contribution in [2.24, 2.45) is 0 Å². The van der Waals surface area contributed by atoms with Crippen LogP contribution in [-0.2, 0) is 24.0 Å². The van der Waals surface area contributed by atoms with Crippen molar-refractivity contribution < 1.29 is 36.6 Å². The van der Waals surface area contributed by atoms with Gasteiger partial charge in [0.1, 0.15) is 18.2 Å². The maximum atomic E-state index is 13.8. The Morgan fingerprint density at radius 3 is 2.53 bits per heavy atom. The molecule has 30 heavy (non-hydrogen) atoms. The van der Waals surface area contributed by atoms with Crippen molar-refractivity contribution in [2.75, 3.05) is 0 Å². The van der Waals surface area contributed by atoms with Gasteiger partial charge in [0.25, 0.3) is 0 Å². The number of hydrogen-bond donors (Lipinski definition) is 1. The molecule has 2 aromatic carbocycles. The molecule has 0 aliphatic heterocycles. The number of oxazole rings is 1. The Kier molecular flexibility index (Phi) is 5.82. The summed E-state index contributed by atoms with van der Waals surface area (Å²) in [6, 6.07) is 7.48. The molecule has 0 saturated carbocycles. The van der Waals surface area contributed by atoms with E-state index in [1.165, 1.54) is 0 Å². The van der Waals surface area contributed by atoms with E-state index in [0.29, 0.717) is 28.8 Å². The molecule has 0 amide bonds. The SMILES string of the molecule is Cc1ccc(CC(=O)O)cc1OCc1oc(-c2ccc(C(F)(F)F)c(F)c2)nc1C. The lowest BCUT2D eigenvalue weighted by molar-refractivity contribution is -0.140. The van der Waals surface area contributed by atoms with Crippen LogP contribution < -0.4 is 4.74 Å². The van der Waals surface area contributed by atoms with Crippen LogP contribution in [0.15, 0.2) is 40.8 Å². The van der Waals surface area contributed by atoms with Crippen molar-refractivity contribution in [3.05, 3.63) is 70.4 Å². The van der Waals surface area contributed by atoms with Crippen LogP contribution in [-0.4, -0.2) is 16.1 Å². The number of carboxylic acid groups (broad SMARTS) is 1. The Balaban J connectivity index is 1.79. The van der Waals surface area contributed by atoms with Gasteiger partial charge in [-0.3, -0.25) is 4.79 Å². The molecule has 0 unspecified atom stereocenters. The number of ether oxygens (including phenoxy) is 1. The number of halogens is 4. The Morgan fingerprint density at radius 1 is 1.17 bits per heavy atom. The number of rotatable bonds is 6. The minimum absolute atomic E-state index is 0.0323. The zero-order valence-electron chi connectivity index (χ0n) is 16.0. The standard InChI is InChI=1S/C21H17F4NO4/c1-11-3-4-13(8-19(27)28)7-17(11)29-10-18-12(2)26-20(30-18)14-5-6-15(16(22)9-14)21(23,24)25/h3-7,9H,8,10H2,1-2H3,(H,27,28). The number of carbonyl (C=O) groups is 1. The number of hydrogen-bond acceptors (Lipinski definition) is 4. The lowest BCUT2D eigenvalue weighted by atomic mass is 10.1. The van der Waals surface area contributed by atoms with E-state index in [4.69, 9.17) is 14.3 Å². The van der Waals surface area contributed by atoms with E-state index in [1.807, 2.05) is 0 Å². The van der Waals surface area contributed by atoms with Crippen LogP contribution in [0.1, 0.15) is 28.1 Å². The maximum Gasteiger partial charge on any atom is 0.419 e. The Hall–Kier alpha value is -3.36. The van der Waals surface area contributed by atoms with Gasteiger partial charge in [-0.1, -0.05) is 12.1 Å². The normalized spacial score (nSPS) is 11.5. The van der Waals surface area contributed by atoms with E-state index in [0.717, 1.165) is 17.7 Å². The Bertz CT molecular complexity index is 1090. The fourth-order valence-corrected chi connectivity index (χ4v) is 2.79. The maximum absolute atomic E-state index is 13.8. The first-order valence-electron chi connectivity index (χ1n) is 8.82. The average Bonchev–Trinajstić information content (AvgIpc) is 3.01. The minimum Gasteiger partial charge on any atom is -0.485 e. The molecule has 0 radical (unpaired) electrons. The molecule has 0 spiro atoms. The van der Waals surface area contributed by atoms with Crippen LogP contribution in [0.2, 0.25) is 0 Å². The molecule has 0 atom stereocenters. The minimum atomic E-state index is -4.79. The third kappa shape index (κ3) is 4.79. The van der Waals surface area contributed by atoms with Crippen molar-refractivity contribution in [2.45, 2.75) is 33.1 Å². The van der Waals surface area contributed by atoms with E-state index in [1.54, 1.807) is 32.0 Å². The molecule has 1 heterocycles. The molecule has 3 rings (SSSR count). The molecule has 0 fully saturated rings. The summed E-state index contributed by atoms with van der Waals surface area (Å²) in [4.78, 5) is 15.0. The lowest BCUT2D eigenvalue weighted by Gasteiger charge is -2.10. The largest absolute Gasteiger partial charge is 0.485 e. The highest BCUT2D eigenvalue weighted by molar-refractivity contribution is 5.70. The van der Waals surface area contributed by atoms with Gasteiger partial charge >= 0.3 is 12.1 Å². The summed E-state index contributed by atoms with van der Waals surface area (Å²) in [5, 5.41) is 8.91. The Morgan fingerprint density at radius 2 is 1.90 bits per heavy atom. The highest BCUT2D eigenvalue weighted by Crippen LogP contribution is 2.33. The summed E-state index contributed by atoms with van der Waals surface area (Å²) >= 11 is 0. The fraction of sp³-hybridized carbons (Fsp3) is 0.238. The van der Waals surface area contributed by atoms with Crippen molar-refractivity contribution in [3.63, 3.8) is 0 Å². The predicted octanol–water partition coefficient (Wildman–Crippen LogP) is 5.32. The van der Waals surface area contributed by atoms with Crippen molar-refractivity contribution >= 4 is 5.97 Å². The van der Waals surface area contributed by atoms with Crippen LogP contribution in [0.4, 0.5) is 17.6 Å². The summed E-state index contributed by atoms with van der Waals surface area (Å²) in [7, 11) is 0. The van der Waals surface area contributed by atoms with Crippen LogP contribution in [0.25, 0.3) is 11.5 Å². The monoisotopic (exact) mass is 423 g/mol. The number of aryl methyl sites for hydroxylation is 2. The number of carboxylic acids is 1. The molecular formula is C21H17F4NO4. The number of aliphatic carboxylic acids is 1. The molecule has 1 N–H and O–H groups in total. The number of benzene rings is 2. The third-order valence-corrected chi connectivity index (χ3v) is 4.38. The highest BCUT2D eigenvalue weighted by atomic mass is 19.4. The average molecular weight is 423 g/mol. The zero-order chi connectivity index (χ0) is 22.1. The first-order chi connectivity index (χ1) is 14.0. The summed E-state index contributed by atoms with van der Waals surface area (Å²) in [5.74, 6) is -1.64. The summed E-state index contributed by atoms with van der Waals surface area (Å²) in [6.45, 7) is 3.38. The molecule has 0 bridgehead atoms. The summed E-state index contributed by atoms with van der Waals surface area (Å²) in [6.07, 6.45) is -4.94. The van der Waals surface area contributed by atoms with Crippen LogP contribution in [0.3, 0.4) is 0 Å². The summed E-state index contributed by atoms with van der Waals surface area (Å²) < 4.78 is 63.2. The summed E-state index contributed by atoms with van der Waals surface area (Å²) in [5.41, 5.74) is 0.485. The molecule has 0 saturated heterocycles. The molecule has 3 aromatic rings. The van der Waals surface area contributed by atoms with Gasteiger partial charge in [-0.15, -0.1) is 0 Å². The van der Waals surface area contributed by atoms with E-state index in [-0.39, 0.29) is 24.5 Å². The molecule has 0 aliphatic rings. The van der Waals surface area contributed by atoms with Crippen LogP contribution in [0, 0.1) is 19.7 Å². The molecule has 0 aliphatic carbocycles. The number of aromatic nitrogens is 1. The smallest absolute Gasteiger partial charge is 0.419 e. The van der Waals surface area contributed by atoms with Gasteiger partial charge in [-0.25, -0.2) is 9.37 Å². The van der Waals surface area contributed by atoms with E-state index in [2.05, 4.69) is 4.98 Å². The second-order valence-electron chi connectivity index (χ2n) is 6.68. The van der Waals surface area contributed by atoms with Gasteiger partial charge in [0.2, 0.25) is 5.89 Å². The Labute approximate surface area is 168 Å². The van der Waals surface area contributed by atoms with Gasteiger partial charge in [0.15, 0.2) is 5.76 Å². The van der Waals surface area contributed by atoms with E-state index < -0.39 is 23.5 Å². The van der Waals surface area contributed by atoms with Crippen molar-refractivity contribution in [3.8, 4) is 17.2 Å². The topological polar surface area (TPSA) is 72.6 Å². The first kappa shape index (κ1) is 21.4. The molecule has 1 aromatic heterocycles. The van der Waals surface area contributed by atoms with Gasteiger partial charge in [-0.2, -0.15) is 13.2 Å². The molecule has 5 nitrogen and oxygen atoms in total. The van der Waals surface area contributed by atoms with Crippen molar-refractivity contribution in [1.82, 2.24) is 4.98 Å². The third-order valence-electron chi connectivity index (χ3n) is 4.38. The highest BCUT2D eigenvalue weighted by Gasteiger charge is 2.34. The van der Waals surface area contributed by atoms with Gasteiger partial charge in [0.05, 0.1) is 17.7 Å². The van der Waals surface area contributed by atoms with Crippen LogP contribution in [0.5, 0.6) is 5.75 Å². The second kappa shape index (κ2) is 8.17. The van der Waals surface area contributed by atoms with Gasteiger partial charge in [0, 0.05) is 5.56 Å². The fourth-order valence-electron chi connectivity index (χ4n) is 2.79. The van der Waals surface area contributed by atoms with E-state index >= 15 is 0 Å². The first-order valence-corrected chi connectivity index (χ1v) is 8.82. The lowest BCUT2D eigenvalue weighted by Crippen LogP contribution is -2.07. The number of nitrogens with zero attached hydrogens (tertiary/aromatic N) is 1. The molecule has 9 heteroatoms.